The van der Waals surface area contributed by atoms with Crippen LogP contribution in [0.3, 0.4) is 0 Å². The third-order valence-corrected chi connectivity index (χ3v) is 5.85. The molecule has 4 nitrogen and oxygen atoms in total. The lowest BCUT2D eigenvalue weighted by molar-refractivity contribution is 0.282. The summed E-state index contributed by atoms with van der Waals surface area (Å²) >= 11 is 6.23. The van der Waals surface area contributed by atoms with Gasteiger partial charge in [-0.1, -0.05) is 48.9 Å². The van der Waals surface area contributed by atoms with E-state index in [0.29, 0.717) is 5.02 Å². The number of nitrogens with one attached hydrogen (secondary N) is 1. The van der Waals surface area contributed by atoms with Gasteiger partial charge in [-0.15, -0.1) is 0 Å². The highest BCUT2D eigenvalue weighted by atomic mass is 35.5. The quantitative estimate of drug-likeness (QED) is 0.593. The molecule has 0 radical (unpaired) electrons. The lowest BCUT2D eigenvalue weighted by Crippen LogP contribution is -2.27. The number of rotatable bonds is 6. The van der Waals surface area contributed by atoms with Gasteiger partial charge in [0.25, 0.3) is 0 Å². The van der Waals surface area contributed by atoms with Crippen LogP contribution in [0.1, 0.15) is 24.5 Å². The van der Waals surface area contributed by atoms with Gasteiger partial charge in [0.1, 0.15) is 5.82 Å². The van der Waals surface area contributed by atoms with Crippen LogP contribution in [-0.4, -0.2) is 29.2 Å². The first-order chi connectivity index (χ1) is 14.2. The molecule has 4 rings (SSSR count). The Bertz CT molecular complexity index is 991. The van der Waals surface area contributed by atoms with Crippen LogP contribution >= 0.6 is 11.6 Å². The number of aliphatic hydroxyl groups is 1. The van der Waals surface area contributed by atoms with Crippen molar-refractivity contribution in [2.24, 2.45) is 0 Å². The van der Waals surface area contributed by atoms with Crippen molar-refractivity contribution >= 4 is 23.1 Å². The van der Waals surface area contributed by atoms with Gasteiger partial charge >= 0.3 is 0 Å². The fourth-order valence-corrected chi connectivity index (χ4v) is 4.13. The summed E-state index contributed by atoms with van der Waals surface area (Å²) in [6.07, 6.45) is 3.76. The highest BCUT2D eigenvalue weighted by Crippen LogP contribution is 2.31. The number of aromatic nitrogens is 1. The Morgan fingerprint density at radius 1 is 1.14 bits per heavy atom. The molecule has 2 N–H and O–H groups in total. The van der Waals surface area contributed by atoms with Gasteiger partial charge in [-0.3, -0.25) is 0 Å². The van der Waals surface area contributed by atoms with Gasteiger partial charge in [0, 0.05) is 36.6 Å². The summed E-state index contributed by atoms with van der Waals surface area (Å²) in [6, 6.07) is 18.9. The molecule has 150 valence electrons. The average molecular weight is 408 g/mol. The topological polar surface area (TPSA) is 48.4 Å². The summed E-state index contributed by atoms with van der Waals surface area (Å²) < 4.78 is 0. The molecule has 2 heterocycles. The fourth-order valence-electron chi connectivity index (χ4n) is 3.95. The monoisotopic (exact) mass is 407 g/mol. The first-order valence-electron chi connectivity index (χ1n) is 10.1. The van der Waals surface area contributed by atoms with E-state index in [-0.39, 0.29) is 12.6 Å². The molecule has 0 bridgehead atoms. The van der Waals surface area contributed by atoms with Crippen LogP contribution in [0.5, 0.6) is 0 Å². The number of benzene rings is 2. The summed E-state index contributed by atoms with van der Waals surface area (Å²) in [5, 5.41) is 14.1. The Morgan fingerprint density at radius 3 is 2.79 bits per heavy atom. The van der Waals surface area contributed by atoms with Crippen LogP contribution < -0.4 is 10.2 Å². The summed E-state index contributed by atoms with van der Waals surface area (Å²) in [5.41, 5.74) is 5.71. The molecular formula is C24H26ClN3O. The summed E-state index contributed by atoms with van der Waals surface area (Å²) in [7, 11) is 0. The van der Waals surface area contributed by atoms with Crippen molar-refractivity contribution in [3.05, 3.63) is 76.9 Å². The highest BCUT2D eigenvalue weighted by Gasteiger charge is 2.25. The van der Waals surface area contributed by atoms with E-state index in [4.69, 9.17) is 11.6 Å². The van der Waals surface area contributed by atoms with E-state index in [1.165, 1.54) is 11.1 Å². The number of nitrogens with zero attached hydrogens (tertiary/aromatic N) is 2. The van der Waals surface area contributed by atoms with Crippen LogP contribution in [0.2, 0.25) is 5.02 Å². The molecule has 1 aromatic heterocycles. The van der Waals surface area contributed by atoms with Gasteiger partial charge in [-0.25, -0.2) is 4.98 Å². The molecule has 3 aromatic rings. The largest absolute Gasteiger partial charge is 0.392 e. The second-order valence-corrected chi connectivity index (χ2v) is 7.87. The molecule has 1 atom stereocenters. The molecule has 0 amide bonds. The Hall–Kier alpha value is -2.56. The molecule has 1 aliphatic heterocycles. The van der Waals surface area contributed by atoms with Crippen molar-refractivity contribution in [3.8, 4) is 11.1 Å². The number of aliphatic hydroxyl groups excluding tert-OH is 1. The third-order valence-electron chi connectivity index (χ3n) is 5.55. The van der Waals surface area contributed by atoms with E-state index in [0.717, 1.165) is 48.6 Å². The summed E-state index contributed by atoms with van der Waals surface area (Å²) in [6.45, 7) is 3.97. The fraction of sp³-hybridized carbons (Fsp3) is 0.292. The second kappa shape index (κ2) is 8.85. The molecule has 1 aliphatic rings. The number of hydrogen-bond acceptors (Lipinski definition) is 4. The van der Waals surface area contributed by atoms with E-state index in [9.17, 15) is 5.11 Å². The number of pyridine rings is 1. The van der Waals surface area contributed by atoms with Gasteiger partial charge < -0.3 is 15.3 Å². The van der Waals surface area contributed by atoms with Crippen molar-refractivity contribution in [1.82, 2.24) is 4.98 Å². The van der Waals surface area contributed by atoms with Crippen LogP contribution in [0.15, 0.2) is 60.8 Å². The first kappa shape index (κ1) is 19.7. The maximum atomic E-state index is 10.0. The standard InChI is InChI=1S/C24H26ClN3O/c1-2-17-5-3-6-18(13-17)19-8-9-23(20(14-19)16-29)28-12-10-21(15-28)27-24-22(25)7-4-11-26-24/h3-9,11,13-14,21,29H,2,10,12,15-16H2,1H3,(H,26,27)/t21-/m0/s1. The Kier molecular flexibility index (Phi) is 6.02. The molecule has 5 heteroatoms. The van der Waals surface area contributed by atoms with Gasteiger partial charge in [0.2, 0.25) is 0 Å². The SMILES string of the molecule is CCc1cccc(-c2ccc(N3CC[C@H](Nc4ncccc4Cl)C3)c(CO)c2)c1. The van der Waals surface area contributed by atoms with E-state index in [1.54, 1.807) is 6.20 Å². The van der Waals surface area contributed by atoms with Crippen LogP contribution in [-0.2, 0) is 13.0 Å². The predicted octanol–water partition coefficient (Wildman–Crippen LogP) is 5.15. The molecule has 0 unspecified atom stereocenters. The number of aryl methyl sites for hydroxylation is 1. The van der Waals surface area contributed by atoms with Crippen molar-refractivity contribution in [1.29, 1.82) is 0 Å². The van der Waals surface area contributed by atoms with Crippen LogP contribution in [0.25, 0.3) is 11.1 Å². The van der Waals surface area contributed by atoms with Crippen molar-refractivity contribution in [3.63, 3.8) is 0 Å². The number of hydrogen-bond donors (Lipinski definition) is 2. The van der Waals surface area contributed by atoms with E-state index in [1.807, 2.05) is 12.1 Å². The molecule has 1 saturated heterocycles. The van der Waals surface area contributed by atoms with E-state index in [2.05, 4.69) is 64.6 Å². The van der Waals surface area contributed by atoms with Crippen molar-refractivity contribution in [2.45, 2.75) is 32.4 Å². The predicted molar refractivity (Wildman–Crippen MR) is 121 cm³/mol. The molecule has 0 saturated carbocycles. The van der Waals surface area contributed by atoms with Crippen LogP contribution in [0.4, 0.5) is 11.5 Å². The normalized spacial score (nSPS) is 16.2. The lowest BCUT2D eigenvalue weighted by atomic mass is 9.99. The van der Waals surface area contributed by atoms with E-state index < -0.39 is 0 Å². The maximum Gasteiger partial charge on any atom is 0.145 e. The molecule has 0 spiro atoms. The molecule has 2 aromatic carbocycles. The zero-order valence-electron chi connectivity index (χ0n) is 16.6. The van der Waals surface area contributed by atoms with Gasteiger partial charge in [-0.05, 0) is 53.8 Å². The summed E-state index contributed by atoms with van der Waals surface area (Å²) in [4.78, 5) is 6.66. The minimum Gasteiger partial charge on any atom is -0.392 e. The minimum absolute atomic E-state index is 0.0251. The Balaban J connectivity index is 1.52. The molecule has 1 fully saturated rings. The first-order valence-corrected chi connectivity index (χ1v) is 10.5. The smallest absolute Gasteiger partial charge is 0.145 e. The number of anilines is 2. The van der Waals surface area contributed by atoms with Gasteiger partial charge in [0.05, 0.1) is 11.6 Å². The molecule has 0 aliphatic carbocycles. The second-order valence-electron chi connectivity index (χ2n) is 7.47. The van der Waals surface area contributed by atoms with E-state index >= 15 is 0 Å². The van der Waals surface area contributed by atoms with Gasteiger partial charge in [-0.2, -0.15) is 0 Å². The zero-order chi connectivity index (χ0) is 20.2. The minimum atomic E-state index is 0.0251. The average Bonchev–Trinajstić information content (AvgIpc) is 3.23. The Morgan fingerprint density at radius 2 is 2.00 bits per heavy atom. The number of halogens is 1. The third kappa shape index (κ3) is 4.39. The van der Waals surface area contributed by atoms with Crippen molar-refractivity contribution in [2.75, 3.05) is 23.3 Å². The lowest BCUT2D eigenvalue weighted by Gasteiger charge is -2.23. The zero-order valence-corrected chi connectivity index (χ0v) is 17.4. The molecule has 29 heavy (non-hydrogen) atoms. The highest BCUT2D eigenvalue weighted by molar-refractivity contribution is 6.32. The van der Waals surface area contributed by atoms with Crippen LogP contribution in [0, 0.1) is 0 Å². The summed E-state index contributed by atoms with van der Waals surface area (Å²) in [5.74, 6) is 0.731. The Labute approximate surface area is 177 Å². The van der Waals surface area contributed by atoms with Crippen molar-refractivity contribution < 1.29 is 5.11 Å². The molecular weight excluding hydrogens is 382 g/mol. The maximum absolute atomic E-state index is 10.0. The van der Waals surface area contributed by atoms with Gasteiger partial charge in [0.15, 0.2) is 0 Å².